The Bertz CT molecular complexity index is 1180. The Hall–Kier alpha value is -4.26. The maximum Gasteiger partial charge on any atom is 0.355 e. The number of nitrogens with two attached hydrogens (primary N) is 1. The smallest absolute Gasteiger partial charge is 0.355 e. The molecule has 0 spiro atoms. The molecule has 10 heteroatoms. The summed E-state index contributed by atoms with van der Waals surface area (Å²) in [6.07, 6.45) is 0. The molecule has 1 aliphatic rings. The second kappa shape index (κ2) is 8.85. The van der Waals surface area contributed by atoms with Gasteiger partial charge < -0.3 is 15.2 Å². The van der Waals surface area contributed by atoms with Crippen LogP contribution in [0.25, 0.3) is 0 Å². The number of hydrogen-bond acceptors (Lipinski definition) is 7. The number of carbonyl (C=O) groups is 2. The van der Waals surface area contributed by atoms with Crippen LogP contribution in [0.1, 0.15) is 11.5 Å². The molecule has 0 saturated heterocycles. The van der Waals surface area contributed by atoms with E-state index in [4.69, 9.17) is 15.2 Å². The van der Waals surface area contributed by atoms with Crippen molar-refractivity contribution in [2.45, 2.75) is 5.92 Å². The minimum absolute atomic E-state index is 0.200. The molecule has 1 aliphatic heterocycles. The molecule has 1 unspecified atom stereocenters. The minimum Gasteiger partial charge on any atom is -0.466 e. The average Bonchev–Trinajstić information content (AvgIpc) is 2.80. The zero-order valence-corrected chi connectivity index (χ0v) is 16.9. The minimum atomic E-state index is -1.74. The normalized spacial score (nSPS) is 16.0. The molecule has 2 N–H and O–H groups in total. The first kappa shape index (κ1) is 22.4. The predicted molar refractivity (Wildman–Crippen MR) is 106 cm³/mol. The largest absolute Gasteiger partial charge is 0.466 e. The van der Waals surface area contributed by atoms with Crippen molar-refractivity contribution in [3.63, 3.8) is 0 Å². The van der Waals surface area contributed by atoms with Crippen LogP contribution in [0.15, 0.2) is 65.1 Å². The van der Waals surface area contributed by atoms with Gasteiger partial charge in [0.1, 0.15) is 11.5 Å². The maximum atomic E-state index is 14.0. The highest BCUT2D eigenvalue weighted by molar-refractivity contribution is 6.06. The molecule has 0 aliphatic carbocycles. The van der Waals surface area contributed by atoms with Gasteiger partial charge in [-0.2, -0.15) is 5.26 Å². The molecule has 0 saturated carbocycles. The van der Waals surface area contributed by atoms with Crippen molar-refractivity contribution in [1.29, 1.82) is 5.26 Å². The third-order valence-electron chi connectivity index (χ3n) is 4.84. The Morgan fingerprint density at radius 2 is 1.59 bits per heavy atom. The standard InChI is InChI=1S/C22H16F3N3O4/c1-31-21(29)17-16(11-6-4-3-5-7-11)13(10-26)20(27)28(19(17)22(30)32-2)12-8-14(23)18(25)15(24)9-12/h3-9,16H,27H2,1-2H3. The van der Waals surface area contributed by atoms with Crippen LogP contribution in [0.5, 0.6) is 0 Å². The fourth-order valence-electron chi connectivity index (χ4n) is 3.45. The summed E-state index contributed by atoms with van der Waals surface area (Å²) in [5, 5.41) is 9.85. The number of benzene rings is 2. The number of allylic oxidation sites excluding steroid dienone is 1. The van der Waals surface area contributed by atoms with Crippen LogP contribution in [0.4, 0.5) is 18.9 Å². The zero-order chi connectivity index (χ0) is 23.6. The van der Waals surface area contributed by atoms with Crippen LogP contribution in [0, 0.1) is 28.8 Å². The lowest BCUT2D eigenvalue weighted by atomic mass is 9.81. The van der Waals surface area contributed by atoms with Crippen molar-refractivity contribution >= 4 is 17.6 Å². The highest BCUT2D eigenvalue weighted by atomic mass is 19.2. The Labute approximate surface area is 180 Å². The van der Waals surface area contributed by atoms with Crippen LogP contribution in [0.3, 0.4) is 0 Å². The van der Waals surface area contributed by atoms with Gasteiger partial charge >= 0.3 is 11.9 Å². The van der Waals surface area contributed by atoms with Crippen molar-refractivity contribution in [2.75, 3.05) is 19.1 Å². The molecular weight excluding hydrogens is 427 g/mol. The van der Waals surface area contributed by atoms with E-state index >= 15 is 0 Å². The monoisotopic (exact) mass is 443 g/mol. The van der Waals surface area contributed by atoms with Gasteiger partial charge in [-0.15, -0.1) is 0 Å². The van der Waals surface area contributed by atoms with Crippen LogP contribution < -0.4 is 10.6 Å². The molecule has 2 aromatic carbocycles. The van der Waals surface area contributed by atoms with Gasteiger partial charge in [0.05, 0.1) is 43.0 Å². The number of rotatable bonds is 4. The summed E-state index contributed by atoms with van der Waals surface area (Å²) in [6.45, 7) is 0. The predicted octanol–water partition coefficient (Wildman–Crippen LogP) is 3.00. The highest BCUT2D eigenvalue weighted by Crippen LogP contribution is 2.43. The lowest BCUT2D eigenvalue weighted by Crippen LogP contribution is -2.40. The zero-order valence-electron chi connectivity index (χ0n) is 16.9. The van der Waals surface area contributed by atoms with Gasteiger partial charge in [-0.05, 0) is 5.56 Å². The van der Waals surface area contributed by atoms with Crippen molar-refractivity contribution < 1.29 is 32.2 Å². The quantitative estimate of drug-likeness (QED) is 0.572. The van der Waals surface area contributed by atoms with E-state index in [9.17, 15) is 28.0 Å². The molecule has 7 nitrogen and oxygen atoms in total. The van der Waals surface area contributed by atoms with Gasteiger partial charge in [-0.1, -0.05) is 30.3 Å². The molecule has 0 radical (unpaired) electrons. The van der Waals surface area contributed by atoms with Gasteiger partial charge in [0.25, 0.3) is 0 Å². The average molecular weight is 443 g/mol. The van der Waals surface area contributed by atoms with Crippen molar-refractivity contribution in [1.82, 2.24) is 0 Å². The lowest BCUT2D eigenvalue weighted by molar-refractivity contribution is -0.139. The summed E-state index contributed by atoms with van der Waals surface area (Å²) in [7, 11) is 2.08. The van der Waals surface area contributed by atoms with Crippen molar-refractivity contribution in [2.24, 2.45) is 5.73 Å². The Morgan fingerprint density at radius 1 is 1.03 bits per heavy atom. The van der Waals surface area contributed by atoms with E-state index in [0.717, 1.165) is 19.1 Å². The fraction of sp³-hybridized carbons (Fsp3) is 0.136. The Balaban J connectivity index is 2.44. The molecule has 164 valence electrons. The first-order valence-electron chi connectivity index (χ1n) is 9.06. The molecule has 0 aromatic heterocycles. The first-order chi connectivity index (χ1) is 15.3. The lowest BCUT2D eigenvalue weighted by Gasteiger charge is -2.35. The summed E-state index contributed by atoms with van der Waals surface area (Å²) >= 11 is 0. The number of ether oxygens (including phenoxy) is 2. The molecular formula is C22H16F3N3O4. The molecule has 1 heterocycles. The number of esters is 2. The number of carbonyl (C=O) groups excluding carboxylic acids is 2. The number of nitriles is 1. The van der Waals surface area contributed by atoms with Crippen LogP contribution >= 0.6 is 0 Å². The van der Waals surface area contributed by atoms with E-state index in [1.807, 2.05) is 6.07 Å². The molecule has 3 rings (SSSR count). The SMILES string of the molecule is COC(=O)C1=C(C(=O)OC)N(c2cc(F)c(F)c(F)c2)C(N)=C(C#N)C1c1ccccc1. The summed E-state index contributed by atoms with van der Waals surface area (Å²) < 4.78 is 51.1. The summed E-state index contributed by atoms with van der Waals surface area (Å²) in [5.74, 6) is -8.54. The number of hydrogen-bond donors (Lipinski definition) is 1. The van der Waals surface area contributed by atoms with E-state index in [0.29, 0.717) is 17.7 Å². The molecule has 1 atom stereocenters. The van der Waals surface area contributed by atoms with E-state index in [1.165, 1.54) is 0 Å². The number of methoxy groups -OCH3 is 2. The third-order valence-corrected chi connectivity index (χ3v) is 4.84. The van der Waals surface area contributed by atoms with Gasteiger partial charge in [-0.25, -0.2) is 22.8 Å². The molecule has 0 fully saturated rings. The van der Waals surface area contributed by atoms with Gasteiger partial charge in [0.15, 0.2) is 17.5 Å². The third kappa shape index (κ3) is 3.65. The molecule has 0 amide bonds. The Kier molecular flexibility index (Phi) is 6.20. The maximum absolute atomic E-state index is 14.0. The van der Waals surface area contributed by atoms with E-state index < -0.39 is 52.5 Å². The first-order valence-corrected chi connectivity index (χ1v) is 9.06. The number of nitrogens with zero attached hydrogens (tertiary/aromatic N) is 2. The summed E-state index contributed by atoms with van der Waals surface area (Å²) in [4.78, 5) is 26.4. The van der Waals surface area contributed by atoms with Crippen molar-refractivity contribution in [3.8, 4) is 6.07 Å². The van der Waals surface area contributed by atoms with E-state index in [-0.39, 0.29) is 11.1 Å². The molecule has 2 aromatic rings. The molecule has 0 bridgehead atoms. The Morgan fingerprint density at radius 3 is 2.09 bits per heavy atom. The fourth-order valence-corrected chi connectivity index (χ4v) is 3.45. The van der Waals surface area contributed by atoms with Crippen LogP contribution in [0.2, 0.25) is 0 Å². The second-order valence-corrected chi connectivity index (χ2v) is 6.56. The summed E-state index contributed by atoms with van der Waals surface area (Å²) in [6, 6.07) is 11.2. The summed E-state index contributed by atoms with van der Waals surface area (Å²) in [5.41, 5.74) is 5.07. The van der Waals surface area contributed by atoms with Gasteiger partial charge in [-0.3, -0.25) is 4.90 Å². The van der Waals surface area contributed by atoms with Crippen molar-refractivity contribution in [3.05, 3.63) is 88.1 Å². The van der Waals surface area contributed by atoms with Gasteiger partial charge in [0.2, 0.25) is 0 Å². The van der Waals surface area contributed by atoms with Crippen LogP contribution in [-0.2, 0) is 19.1 Å². The number of anilines is 1. The van der Waals surface area contributed by atoms with E-state index in [1.54, 1.807) is 30.3 Å². The molecule has 32 heavy (non-hydrogen) atoms. The van der Waals surface area contributed by atoms with Gasteiger partial charge in [0, 0.05) is 12.1 Å². The van der Waals surface area contributed by atoms with Crippen LogP contribution in [-0.4, -0.2) is 26.2 Å². The number of halogens is 3. The second-order valence-electron chi connectivity index (χ2n) is 6.56. The highest BCUT2D eigenvalue weighted by Gasteiger charge is 2.43. The topological polar surface area (TPSA) is 106 Å². The van der Waals surface area contributed by atoms with E-state index in [2.05, 4.69) is 0 Å².